The van der Waals surface area contributed by atoms with Gasteiger partial charge in [-0.3, -0.25) is 0 Å². The third-order valence-corrected chi connectivity index (χ3v) is 3.08. The molecule has 15 heavy (non-hydrogen) atoms. The number of rotatable bonds is 1. The summed E-state index contributed by atoms with van der Waals surface area (Å²) in [6.45, 7) is 1.93. The fourth-order valence-electron chi connectivity index (χ4n) is 2.22. The van der Waals surface area contributed by atoms with Crippen LogP contribution in [0.4, 0.5) is 4.39 Å². The molecule has 1 saturated heterocycles. The molecule has 0 aliphatic carbocycles. The molecule has 0 saturated carbocycles. The van der Waals surface area contributed by atoms with Crippen molar-refractivity contribution in [2.24, 2.45) is 5.73 Å². The molecule has 0 amide bonds. The molecule has 2 nitrogen and oxygen atoms in total. The summed E-state index contributed by atoms with van der Waals surface area (Å²) in [5, 5.41) is 3.32. The predicted octanol–water partition coefficient (Wildman–Crippen LogP) is 1.62. The number of hydrogen-bond acceptors (Lipinski definition) is 2. The number of nitrogens with two attached hydrogens (primary N) is 1. The molecule has 1 aliphatic heterocycles. The van der Waals surface area contributed by atoms with Crippen molar-refractivity contribution < 1.29 is 4.39 Å². The average Bonchev–Trinajstić information content (AvgIpc) is 2.43. The standard InChI is InChI=1S/C12H17FN2/c13-10-3-1-2-9(8-10)11-4-6-15-7-5-12(11)14/h1-3,8,11-12,15H,4-7,14H2. The van der Waals surface area contributed by atoms with Gasteiger partial charge in [0.15, 0.2) is 0 Å². The van der Waals surface area contributed by atoms with E-state index in [1.54, 1.807) is 12.1 Å². The lowest BCUT2D eigenvalue weighted by Crippen LogP contribution is -2.28. The first kappa shape index (κ1) is 10.6. The summed E-state index contributed by atoms with van der Waals surface area (Å²) in [7, 11) is 0. The van der Waals surface area contributed by atoms with E-state index < -0.39 is 0 Å². The summed E-state index contributed by atoms with van der Waals surface area (Å²) in [6.07, 6.45) is 1.95. The van der Waals surface area contributed by atoms with Crippen LogP contribution in [-0.2, 0) is 0 Å². The molecule has 3 N–H and O–H groups in total. The lowest BCUT2D eigenvalue weighted by atomic mass is 9.88. The fraction of sp³-hybridized carbons (Fsp3) is 0.500. The van der Waals surface area contributed by atoms with E-state index in [-0.39, 0.29) is 17.8 Å². The van der Waals surface area contributed by atoms with Crippen LogP contribution in [0.5, 0.6) is 0 Å². The van der Waals surface area contributed by atoms with Crippen molar-refractivity contribution >= 4 is 0 Å². The summed E-state index contributed by atoms with van der Waals surface area (Å²) in [5.41, 5.74) is 7.13. The molecule has 2 unspecified atom stereocenters. The van der Waals surface area contributed by atoms with Crippen LogP contribution in [0.1, 0.15) is 24.3 Å². The SMILES string of the molecule is NC1CCNCCC1c1cccc(F)c1. The summed E-state index contributed by atoms with van der Waals surface area (Å²) < 4.78 is 13.1. The number of benzene rings is 1. The summed E-state index contributed by atoms with van der Waals surface area (Å²) in [4.78, 5) is 0. The Labute approximate surface area is 89.7 Å². The third-order valence-electron chi connectivity index (χ3n) is 3.08. The van der Waals surface area contributed by atoms with Crippen LogP contribution >= 0.6 is 0 Å². The minimum Gasteiger partial charge on any atom is -0.327 e. The molecular weight excluding hydrogens is 191 g/mol. The van der Waals surface area contributed by atoms with Gasteiger partial charge in [-0.25, -0.2) is 4.39 Å². The van der Waals surface area contributed by atoms with Crippen LogP contribution in [0.25, 0.3) is 0 Å². The Balaban J connectivity index is 2.20. The minimum absolute atomic E-state index is 0.141. The van der Waals surface area contributed by atoms with Crippen LogP contribution < -0.4 is 11.1 Å². The van der Waals surface area contributed by atoms with Crippen molar-refractivity contribution in [1.82, 2.24) is 5.32 Å². The Morgan fingerprint density at radius 1 is 1.27 bits per heavy atom. The van der Waals surface area contributed by atoms with Gasteiger partial charge in [-0.1, -0.05) is 12.1 Å². The van der Waals surface area contributed by atoms with Gasteiger partial charge < -0.3 is 11.1 Å². The van der Waals surface area contributed by atoms with Gasteiger partial charge in [0.05, 0.1) is 0 Å². The van der Waals surface area contributed by atoms with Gasteiger partial charge in [-0.2, -0.15) is 0 Å². The number of nitrogens with one attached hydrogen (secondary N) is 1. The van der Waals surface area contributed by atoms with Gasteiger partial charge in [0, 0.05) is 12.0 Å². The first-order valence-electron chi connectivity index (χ1n) is 5.49. The predicted molar refractivity (Wildman–Crippen MR) is 59.2 cm³/mol. The van der Waals surface area contributed by atoms with Gasteiger partial charge in [0.1, 0.15) is 5.82 Å². The summed E-state index contributed by atoms with van der Waals surface area (Å²) in [6, 6.07) is 6.95. The second-order valence-electron chi connectivity index (χ2n) is 4.15. The van der Waals surface area contributed by atoms with Crippen LogP contribution in [-0.4, -0.2) is 19.1 Å². The molecular formula is C12H17FN2. The second-order valence-corrected chi connectivity index (χ2v) is 4.15. The number of hydrogen-bond donors (Lipinski definition) is 2. The van der Waals surface area contributed by atoms with E-state index in [0.717, 1.165) is 31.5 Å². The molecule has 1 aromatic carbocycles. The van der Waals surface area contributed by atoms with E-state index in [1.165, 1.54) is 6.07 Å². The zero-order chi connectivity index (χ0) is 10.7. The second kappa shape index (κ2) is 4.73. The van der Waals surface area contributed by atoms with E-state index in [2.05, 4.69) is 5.32 Å². The zero-order valence-corrected chi connectivity index (χ0v) is 8.75. The maximum Gasteiger partial charge on any atom is 0.123 e. The van der Waals surface area contributed by atoms with Crippen LogP contribution in [0, 0.1) is 5.82 Å². The quantitative estimate of drug-likeness (QED) is 0.736. The van der Waals surface area contributed by atoms with Crippen LogP contribution in [0.2, 0.25) is 0 Å². The van der Waals surface area contributed by atoms with Gasteiger partial charge in [0.2, 0.25) is 0 Å². The zero-order valence-electron chi connectivity index (χ0n) is 8.75. The molecule has 0 spiro atoms. The van der Waals surface area contributed by atoms with E-state index in [0.29, 0.717) is 0 Å². The van der Waals surface area contributed by atoms with E-state index >= 15 is 0 Å². The van der Waals surface area contributed by atoms with Crippen molar-refractivity contribution in [2.45, 2.75) is 24.8 Å². The average molecular weight is 208 g/mol. The largest absolute Gasteiger partial charge is 0.327 e. The molecule has 1 aromatic rings. The van der Waals surface area contributed by atoms with E-state index in [9.17, 15) is 4.39 Å². The van der Waals surface area contributed by atoms with Crippen molar-refractivity contribution in [2.75, 3.05) is 13.1 Å². The van der Waals surface area contributed by atoms with Crippen molar-refractivity contribution in [3.05, 3.63) is 35.6 Å². The Morgan fingerprint density at radius 3 is 2.87 bits per heavy atom. The highest BCUT2D eigenvalue weighted by Crippen LogP contribution is 2.25. The first-order chi connectivity index (χ1) is 7.27. The van der Waals surface area contributed by atoms with Gasteiger partial charge in [-0.05, 0) is 43.6 Å². The van der Waals surface area contributed by atoms with Crippen molar-refractivity contribution in [1.29, 1.82) is 0 Å². The monoisotopic (exact) mass is 208 g/mol. The Morgan fingerprint density at radius 2 is 2.07 bits per heavy atom. The van der Waals surface area contributed by atoms with Crippen molar-refractivity contribution in [3.8, 4) is 0 Å². The lowest BCUT2D eigenvalue weighted by molar-refractivity contribution is 0.514. The van der Waals surface area contributed by atoms with Gasteiger partial charge in [0.25, 0.3) is 0 Å². The molecule has 82 valence electrons. The third kappa shape index (κ3) is 2.55. The summed E-state index contributed by atoms with van der Waals surface area (Å²) >= 11 is 0. The highest BCUT2D eigenvalue weighted by Gasteiger charge is 2.21. The maximum absolute atomic E-state index is 13.1. The highest BCUT2D eigenvalue weighted by molar-refractivity contribution is 5.22. The molecule has 1 aliphatic rings. The molecule has 0 radical (unpaired) electrons. The maximum atomic E-state index is 13.1. The smallest absolute Gasteiger partial charge is 0.123 e. The molecule has 2 rings (SSSR count). The first-order valence-corrected chi connectivity index (χ1v) is 5.49. The van der Waals surface area contributed by atoms with Crippen LogP contribution in [0.15, 0.2) is 24.3 Å². The Bertz CT molecular complexity index is 327. The van der Waals surface area contributed by atoms with Crippen molar-refractivity contribution in [3.63, 3.8) is 0 Å². The Kier molecular flexibility index (Phi) is 3.34. The van der Waals surface area contributed by atoms with E-state index in [1.807, 2.05) is 6.07 Å². The molecule has 3 heteroatoms. The normalized spacial score (nSPS) is 27.3. The fourth-order valence-corrected chi connectivity index (χ4v) is 2.22. The molecule has 1 heterocycles. The topological polar surface area (TPSA) is 38.0 Å². The number of halogens is 1. The Hall–Kier alpha value is -0.930. The molecule has 0 bridgehead atoms. The molecule has 0 aromatic heterocycles. The summed E-state index contributed by atoms with van der Waals surface area (Å²) in [5.74, 6) is 0.118. The van der Waals surface area contributed by atoms with Gasteiger partial charge >= 0.3 is 0 Å². The van der Waals surface area contributed by atoms with Crippen LogP contribution in [0.3, 0.4) is 0 Å². The van der Waals surface area contributed by atoms with Gasteiger partial charge in [-0.15, -0.1) is 0 Å². The molecule has 2 atom stereocenters. The highest BCUT2D eigenvalue weighted by atomic mass is 19.1. The lowest BCUT2D eigenvalue weighted by Gasteiger charge is -2.21. The van der Waals surface area contributed by atoms with E-state index in [4.69, 9.17) is 5.73 Å². The molecule has 1 fully saturated rings. The minimum atomic E-state index is -0.170.